The molecule has 0 unspecified atom stereocenters. The van der Waals surface area contributed by atoms with Crippen LogP contribution in [0.3, 0.4) is 0 Å². The molecule has 0 aromatic carbocycles. The van der Waals surface area contributed by atoms with E-state index in [0.29, 0.717) is 94.5 Å². The second-order valence-corrected chi connectivity index (χ2v) is 20.8. The largest absolute Gasteiger partial charge is 0.481 e. The predicted molar refractivity (Wildman–Crippen MR) is 295 cm³/mol. The topological polar surface area (TPSA) is 525 Å². The number of hydrogen-bond acceptors (Lipinski definition) is 17. The number of primary amides is 3. The van der Waals surface area contributed by atoms with Crippen LogP contribution in [-0.4, -0.2) is 212 Å². The molecule has 6 aliphatic rings. The summed E-state index contributed by atoms with van der Waals surface area (Å²) in [5.41, 5.74) is 18.2. The summed E-state index contributed by atoms with van der Waals surface area (Å²) < 4.78 is 0. The van der Waals surface area contributed by atoms with E-state index >= 15 is 0 Å². The van der Waals surface area contributed by atoms with Gasteiger partial charge in [-0.1, -0.05) is 0 Å². The van der Waals surface area contributed by atoms with E-state index in [-0.39, 0.29) is 74.0 Å². The van der Waals surface area contributed by atoms with Crippen LogP contribution in [0.25, 0.3) is 0 Å². The van der Waals surface area contributed by atoms with Crippen LogP contribution in [-0.2, 0) is 86.4 Å². The highest BCUT2D eigenvalue weighted by Gasteiger charge is 2.42. The van der Waals surface area contributed by atoms with Crippen LogP contribution in [0.15, 0.2) is 37.6 Å². The lowest BCUT2D eigenvalue weighted by Gasteiger charge is -2.28. The molecular weight excluding hydrogens is 1130 g/mol. The van der Waals surface area contributed by atoms with Crippen LogP contribution >= 0.6 is 0 Å². The quantitative estimate of drug-likeness (QED) is 0.0566. The minimum absolute atomic E-state index is 0.185. The van der Waals surface area contributed by atoms with Crippen LogP contribution in [0.4, 0.5) is 0 Å². The molecule has 12 amide bonds. The van der Waals surface area contributed by atoms with E-state index in [1.165, 1.54) is 33.7 Å². The summed E-state index contributed by atoms with van der Waals surface area (Å²) >= 11 is 0. The first kappa shape index (κ1) is 67.0. The SMILES string of the molecule is CC(=O)O.CC(=O)O.NC(=O)[C@@H]1CCCN1C(=O)[C@H](Cc1cnc[nH]1)NC(=O)[C@@H]1CCC(=O)N1.NC(=O)[C@@H]1CCCN1C(=O)[C@H](Cc1cnc[nH]1)NC(=O)[C@@H]1CCC(=O)N1.NC(=O)[C@@H]1CCCN1C(=O)[C@H](Cc1cnc[nH]1)NC(=O)[C@@H]1CCC(=O)N1. The Morgan fingerprint density at radius 3 is 0.907 bits per heavy atom. The lowest BCUT2D eigenvalue weighted by atomic mass is 10.1. The third kappa shape index (κ3) is 20.2. The number of amides is 12. The van der Waals surface area contributed by atoms with Gasteiger partial charge < -0.3 is 89.0 Å². The average molecular weight is 1210 g/mol. The number of hydrogen-bond donors (Lipinski definition) is 14. The Morgan fingerprint density at radius 1 is 0.477 bits per heavy atom. The van der Waals surface area contributed by atoms with E-state index in [2.05, 4.69) is 61.8 Å². The normalized spacial score (nSPS) is 21.9. The number of carbonyl (C=O) groups is 14. The zero-order valence-electron chi connectivity index (χ0n) is 47.4. The summed E-state index contributed by atoms with van der Waals surface area (Å²) in [4.78, 5) is 188. The van der Waals surface area contributed by atoms with Gasteiger partial charge in [-0.05, 0) is 57.8 Å². The van der Waals surface area contributed by atoms with E-state index in [4.69, 9.17) is 37.0 Å². The number of nitrogens with two attached hydrogens (primary N) is 3. The van der Waals surface area contributed by atoms with Crippen molar-refractivity contribution in [3.8, 4) is 0 Å². The second kappa shape index (κ2) is 32.3. The van der Waals surface area contributed by atoms with Gasteiger partial charge in [-0.15, -0.1) is 0 Å². The van der Waals surface area contributed by atoms with Crippen molar-refractivity contribution >= 4 is 82.8 Å². The number of likely N-dealkylation sites (tertiary alicyclic amines) is 3. The third-order valence-corrected chi connectivity index (χ3v) is 14.3. The Labute approximate surface area is 491 Å². The highest BCUT2D eigenvalue weighted by Crippen LogP contribution is 2.22. The summed E-state index contributed by atoms with van der Waals surface area (Å²) in [7, 11) is 0. The molecule has 34 heteroatoms. The molecule has 6 saturated heterocycles. The number of aliphatic carboxylic acids is 2. The lowest BCUT2D eigenvalue weighted by Crippen LogP contribution is -2.56. The first-order chi connectivity index (χ1) is 40.8. The number of carboxylic acid groups (broad SMARTS) is 2. The molecule has 0 aliphatic carbocycles. The maximum absolute atomic E-state index is 13.0. The average Bonchev–Trinajstić information content (AvgIpc) is 4.27. The Balaban J connectivity index is 0.000000221. The van der Waals surface area contributed by atoms with Crippen molar-refractivity contribution < 1.29 is 77.3 Å². The fraction of sp³-hybridized carbons (Fsp3) is 0.558. The van der Waals surface area contributed by atoms with Crippen molar-refractivity contribution in [1.82, 2.24) is 76.5 Å². The number of aromatic nitrogens is 6. The molecule has 86 heavy (non-hydrogen) atoms. The number of nitrogens with zero attached hydrogens (tertiary/aromatic N) is 6. The molecule has 0 saturated carbocycles. The van der Waals surface area contributed by atoms with E-state index in [1.807, 2.05) is 0 Å². The molecule has 0 radical (unpaired) electrons. The molecule has 3 aromatic rings. The first-order valence-corrected chi connectivity index (χ1v) is 27.7. The van der Waals surface area contributed by atoms with Gasteiger partial charge in [0, 0.05) is 108 Å². The summed E-state index contributed by atoms with van der Waals surface area (Å²) in [6.45, 7) is 3.42. The highest BCUT2D eigenvalue weighted by molar-refractivity contribution is 5.98. The first-order valence-electron chi connectivity index (χ1n) is 27.7. The Kier molecular flexibility index (Phi) is 25.2. The zero-order chi connectivity index (χ0) is 63.2. The number of carbonyl (C=O) groups excluding carboxylic acids is 12. The van der Waals surface area contributed by atoms with Crippen LogP contribution in [0.5, 0.6) is 0 Å². The van der Waals surface area contributed by atoms with Gasteiger partial charge in [0.15, 0.2) is 0 Å². The van der Waals surface area contributed by atoms with Crippen molar-refractivity contribution in [3.05, 3.63) is 54.7 Å². The molecule has 9 rings (SSSR count). The summed E-state index contributed by atoms with van der Waals surface area (Å²) in [6.07, 6.45) is 15.4. The van der Waals surface area contributed by atoms with Crippen molar-refractivity contribution in [2.24, 2.45) is 17.2 Å². The number of nitrogens with one attached hydrogen (secondary N) is 9. The van der Waals surface area contributed by atoms with E-state index in [1.54, 1.807) is 18.6 Å². The van der Waals surface area contributed by atoms with Gasteiger partial charge in [-0.3, -0.25) is 67.1 Å². The number of carboxylic acids is 2. The number of aromatic amines is 3. The molecule has 468 valence electrons. The van der Waals surface area contributed by atoms with Crippen LogP contribution < -0.4 is 49.1 Å². The maximum atomic E-state index is 13.0. The number of rotatable bonds is 18. The van der Waals surface area contributed by atoms with Crippen LogP contribution in [0, 0.1) is 0 Å². The third-order valence-electron chi connectivity index (χ3n) is 14.3. The zero-order valence-corrected chi connectivity index (χ0v) is 47.4. The summed E-state index contributed by atoms with van der Waals surface area (Å²) in [5.74, 6) is -6.20. The molecule has 6 aliphatic heterocycles. The fourth-order valence-electron chi connectivity index (χ4n) is 10.3. The van der Waals surface area contributed by atoms with E-state index in [9.17, 15) is 57.5 Å². The minimum Gasteiger partial charge on any atom is -0.481 e. The van der Waals surface area contributed by atoms with Gasteiger partial charge >= 0.3 is 0 Å². The summed E-state index contributed by atoms with van der Waals surface area (Å²) in [6, 6.07) is -6.54. The minimum atomic E-state index is -0.875. The molecular formula is C52H74N18O16. The van der Waals surface area contributed by atoms with Crippen LogP contribution in [0.1, 0.15) is 108 Å². The lowest BCUT2D eigenvalue weighted by molar-refractivity contribution is -0.140. The van der Waals surface area contributed by atoms with Gasteiger partial charge in [0.25, 0.3) is 11.9 Å². The number of imidazole rings is 3. The van der Waals surface area contributed by atoms with Crippen molar-refractivity contribution in [2.75, 3.05) is 19.6 Å². The second-order valence-electron chi connectivity index (χ2n) is 20.8. The molecule has 6 fully saturated rings. The van der Waals surface area contributed by atoms with Gasteiger partial charge in [0.2, 0.25) is 70.9 Å². The Morgan fingerprint density at radius 2 is 0.721 bits per heavy atom. The Bertz CT molecular complexity index is 2600. The molecule has 0 spiro atoms. The van der Waals surface area contributed by atoms with Crippen molar-refractivity contribution in [3.63, 3.8) is 0 Å². The monoisotopic (exact) mass is 1210 g/mol. The van der Waals surface area contributed by atoms with Gasteiger partial charge in [-0.25, -0.2) is 15.0 Å². The number of H-pyrrole nitrogens is 3. The smallest absolute Gasteiger partial charge is 0.300 e. The van der Waals surface area contributed by atoms with Crippen LogP contribution in [0.2, 0.25) is 0 Å². The Hall–Kier alpha value is -9.79. The standard InChI is InChI=1S/3C16H22N6O4.2C2H4O2/c3*17-14(24)12-2-1-5-22(12)16(26)11(6-9-7-18-8-19-9)21-15(25)10-3-4-13(23)20-10;2*1-2(3)4/h3*7-8,10-12H,1-6H2,(H2,17,24)(H,18,19)(H,20,23)(H,21,25);2*1H3,(H,3,4)/t3*10-,11-,12-;;/m000../s1. The fourth-order valence-corrected chi connectivity index (χ4v) is 10.3. The van der Waals surface area contributed by atoms with Gasteiger partial charge in [0.1, 0.15) is 54.4 Å². The molecule has 9 heterocycles. The maximum Gasteiger partial charge on any atom is 0.300 e. The van der Waals surface area contributed by atoms with Gasteiger partial charge in [-0.2, -0.15) is 0 Å². The summed E-state index contributed by atoms with van der Waals surface area (Å²) in [5, 5.41) is 30.7. The molecule has 17 N–H and O–H groups in total. The van der Waals surface area contributed by atoms with Gasteiger partial charge in [0.05, 0.1) is 19.0 Å². The van der Waals surface area contributed by atoms with E-state index in [0.717, 1.165) is 13.8 Å². The highest BCUT2D eigenvalue weighted by atomic mass is 16.4. The predicted octanol–water partition coefficient (Wildman–Crippen LogP) is -5.24. The molecule has 34 nitrogen and oxygen atoms in total. The molecule has 0 bridgehead atoms. The van der Waals surface area contributed by atoms with Crippen molar-refractivity contribution in [1.29, 1.82) is 0 Å². The van der Waals surface area contributed by atoms with E-state index < -0.39 is 102 Å². The molecule has 3 aromatic heterocycles. The van der Waals surface area contributed by atoms with Crippen molar-refractivity contribution in [2.45, 2.75) is 165 Å². The molecule has 9 atom stereocenters.